The molecular weight excluding hydrogens is 341 g/mol. The van der Waals surface area contributed by atoms with Gasteiger partial charge in [0.2, 0.25) is 0 Å². The number of hydrogen-bond donors (Lipinski definition) is 1. The monoisotopic (exact) mass is 352 g/mol. The van der Waals surface area contributed by atoms with E-state index in [2.05, 4.69) is 0 Å². The summed E-state index contributed by atoms with van der Waals surface area (Å²) in [4.78, 5) is 11.3. The molecule has 0 bridgehead atoms. The van der Waals surface area contributed by atoms with Gasteiger partial charge in [-0.2, -0.15) is 0 Å². The SMILES string of the molecule is CCOc1ccc(F)c(-c2c(C(=O)O)sc3cc(F)ccc23)c1F. The van der Waals surface area contributed by atoms with E-state index in [1.165, 1.54) is 6.07 Å². The summed E-state index contributed by atoms with van der Waals surface area (Å²) in [7, 11) is 0. The van der Waals surface area contributed by atoms with Crippen LogP contribution >= 0.6 is 11.3 Å². The Kier molecular flexibility index (Phi) is 4.19. The van der Waals surface area contributed by atoms with E-state index in [4.69, 9.17) is 4.74 Å². The Morgan fingerprint density at radius 2 is 1.92 bits per heavy atom. The molecule has 0 aliphatic rings. The molecule has 1 N–H and O–H groups in total. The van der Waals surface area contributed by atoms with Gasteiger partial charge in [0.15, 0.2) is 11.6 Å². The molecule has 3 nitrogen and oxygen atoms in total. The first-order valence-corrected chi connectivity index (χ1v) is 7.82. The first-order valence-electron chi connectivity index (χ1n) is 7.00. The van der Waals surface area contributed by atoms with Crippen molar-refractivity contribution in [3.8, 4) is 16.9 Å². The molecule has 0 radical (unpaired) electrons. The van der Waals surface area contributed by atoms with Crippen LogP contribution in [0.2, 0.25) is 0 Å². The van der Waals surface area contributed by atoms with Gasteiger partial charge in [0.1, 0.15) is 16.5 Å². The van der Waals surface area contributed by atoms with Crippen molar-refractivity contribution < 1.29 is 27.8 Å². The summed E-state index contributed by atoms with van der Waals surface area (Å²) in [5.74, 6) is -3.97. The molecule has 0 saturated heterocycles. The molecule has 0 aliphatic heterocycles. The maximum atomic E-state index is 14.7. The zero-order valence-electron chi connectivity index (χ0n) is 12.4. The van der Waals surface area contributed by atoms with Crippen LogP contribution in [0.25, 0.3) is 21.2 Å². The van der Waals surface area contributed by atoms with E-state index >= 15 is 0 Å². The molecule has 2 aromatic carbocycles. The number of hydrogen-bond acceptors (Lipinski definition) is 3. The number of aromatic carboxylic acids is 1. The van der Waals surface area contributed by atoms with Crippen LogP contribution in [-0.2, 0) is 0 Å². The fraction of sp³-hybridized carbons (Fsp3) is 0.118. The van der Waals surface area contributed by atoms with Gasteiger partial charge in [-0.1, -0.05) is 0 Å². The normalized spacial score (nSPS) is 11.0. The number of thiophene rings is 1. The highest BCUT2D eigenvalue weighted by molar-refractivity contribution is 7.21. The van der Waals surface area contributed by atoms with Crippen LogP contribution in [0.15, 0.2) is 30.3 Å². The number of halogens is 3. The number of rotatable bonds is 4. The third-order valence-corrected chi connectivity index (χ3v) is 4.59. The largest absolute Gasteiger partial charge is 0.491 e. The van der Waals surface area contributed by atoms with Crippen molar-refractivity contribution in [2.45, 2.75) is 6.92 Å². The quantitative estimate of drug-likeness (QED) is 0.712. The Labute approximate surface area is 138 Å². The van der Waals surface area contributed by atoms with Gasteiger partial charge < -0.3 is 9.84 Å². The Bertz CT molecular complexity index is 950. The first-order chi connectivity index (χ1) is 11.4. The van der Waals surface area contributed by atoms with Gasteiger partial charge in [0.25, 0.3) is 0 Å². The second kappa shape index (κ2) is 6.16. The molecule has 1 heterocycles. The molecule has 3 rings (SSSR count). The second-order valence-corrected chi connectivity index (χ2v) is 5.97. The summed E-state index contributed by atoms with van der Waals surface area (Å²) in [5, 5.41) is 9.66. The van der Waals surface area contributed by atoms with E-state index in [9.17, 15) is 23.1 Å². The van der Waals surface area contributed by atoms with Crippen molar-refractivity contribution in [1.82, 2.24) is 0 Å². The topological polar surface area (TPSA) is 46.5 Å². The van der Waals surface area contributed by atoms with Gasteiger partial charge in [0.05, 0.1) is 12.2 Å². The molecule has 0 unspecified atom stereocenters. The predicted molar refractivity (Wildman–Crippen MR) is 85.3 cm³/mol. The van der Waals surface area contributed by atoms with E-state index in [1.54, 1.807) is 6.92 Å². The van der Waals surface area contributed by atoms with E-state index in [-0.39, 0.29) is 28.2 Å². The molecule has 0 spiro atoms. The van der Waals surface area contributed by atoms with Crippen molar-refractivity contribution >= 4 is 27.4 Å². The molecular formula is C17H11F3O3S. The van der Waals surface area contributed by atoms with Crippen molar-refractivity contribution in [2.24, 2.45) is 0 Å². The van der Waals surface area contributed by atoms with E-state index in [0.717, 1.165) is 35.6 Å². The highest BCUT2D eigenvalue weighted by Crippen LogP contribution is 2.43. The van der Waals surface area contributed by atoms with Crippen LogP contribution in [-0.4, -0.2) is 17.7 Å². The minimum Gasteiger partial charge on any atom is -0.491 e. The lowest BCUT2D eigenvalue weighted by Gasteiger charge is -2.10. The smallest absolute Gasteiger partial charge is 0.346 e. The molecule has 1 aromatic heterocycles. The van der Waals surface area contributed by atoms with Crippen molar-refractivity contribution in [1.29, 1.82) is 0 Å². The van der Waals surface area contributed by atoms with Gasteiger partial charge in [-0.05, 0) is 37.3 Å². The summed E-state index contributed by atoms with van der Waals surface area (Å²) >= 11 is 0.764. The molecule has 24 heavy (non-hydrogen) atoms. The zero-order valence-corrected chi connectivity index (χ0v) is 13.2. The average molecular weight is 352 g/mol. The summed E-state index contributed by atoms with van der Waals surface area (Å²) in [5.41, 5.74) is -0.602. The number of ether oxygens (including phenoxy) is 1. The van der Waals surface area contributed by atoms with Crippen LogP contribution in [0, 0.1) is 17.5 Å². The Morgan fingerprint density at radius 3 is 2.58 bits per heavy atom. The van der Waals surface area contributed by atoms with E-state index < -0.39 is 29.0 Å². The lowest BCUT2D eigenvalue weighted by molar-refractivity contribution is 0.0703. The van der Waals surface area contributed by atoms with Crippen LogP contribution < -0.4 is 4.74 Å². The highest BCUT2D eigenvalue weighted by Gasteiger charge is 2.26. The number of fused-ring (bicyclic) bond motifs is 1. The molecule has 0 aliphatic carbocycles. The van der Waals surface area contributed by atoms with Gasteiger partial charge in [-0.25, -0.2) is 18.0 Å². The zero-order chi connectivity index (χ0) is 17.4. The summed E-state index contributed by atoms with van der Waals surface area (Å²) in [6, 6.07) is 5.73. The molecule has 0 atom stereocenters. The first kappa shape index (κ1) is 16.3. The number of carboxylic acids is 1. The Morgan fingerprint density at radius 1 is 1.17 bits per heavy atom. The van der Waals surface area contributed by atoms with Crippen LogP contribution in [0.4, 0.5) is 13.2 Å². The Balaban J connectivity index is 2.39. The second-order valence-electron chi connectivity index (χ2n) is 4.92. The third kappa shape index (κ3) is 2.60. The standard InChI is InChI=1S/C17H11F3O3S/c1-2-23-11-6-5-10(19)14(15(11)20)13-9-4-3-8(18)7-12(9)24-16(13)17(21)22/h3-7H,2H2,1H3,(H,21,22). The van der Waals surface area contributed by atoms with Crippen LogP contribution in [0.1, 0.15) is 16.6 Å². The third-order valence-electron chi connectivity index (χ3n) is 3.45. The fourth-order valence-corrected chi connectivity index (χ4v) is 3.57. The van der Waals surface area contributed by atoms with Crippen LogP contribution in [0.5, 0.6) is 5.75 Å². The lowest BCUT2D eigenvalue weighted by Crippen LogP contribution is -2.01. The molecule has 0 amide bonds. The molecule has 0 fully saturated rings. The Hall–Kier alpha value is -2.54. The van der Waals surface area contributed by atoms with Gasteiger partial charge in [0, 0.05) is 15.6 Å². The summed E-state index contributed by atoms with van der Waals surface area (Å²) in [6.07, 6.45) is 0. The van der Waals surface area contributed by atoms with E-state index in [1.807, 2.05) is 0 Å². The van der Waals surface area contributed by atoms with Gasteiger partial charge in [-0.15, -0.1) is 11.3 Å². The summed E-state index contributed by atoms with van der Waals surface area (Å²) < 4.78 is 47.8. The fourth-order valence-electron chi connectivity index (χ4n) is 2.50. The molecule has 0 saturated carbocycles. The van der Waals surface area contributed by atoms with Crippen LogP contribution in [0.3, 0.4) is 0 Å². The maximum absolute atomic E-state index is 14.7. The maximum Gasteiger partial charge on any atom is 0.346 e. The van der Waals surface area contributed by atoms with Crippen molar-refractivity contribution in [2.75, 3.05) is 6.61 Å². The minimum atomic E-state index is -1.34. The molecule has 124 valence electrons. The van der Waals surface area contributed by atoms with E-state index in [0.29, 0.717) is 4.70 Å². The summed E-state index contributed by atoms with van der Waals surface area (Å²) in [6.45, 7) is 1.82. The highest BCUT2D eigenvalue weighted by atomic mass is 32.1. The minimum absolute atomic E-state index is 0.112. The molecule has 7 heteroatoms. The van der Waals surface area contributed by atoms with Gasteiger partial charge >= 0.3 is 5.97 Å². The predicted octanol–water partition coefficient (Wildman–Crippen LogP) is 5.08. The molecule has 3 aromatic rings. The van der Waals surface area contributed by atoms with Crippen molar-refractivity contribution in [3.63, 3.8) is 0 Å². The van der Waals surface area contributed by atoms with Crippen molar-refractivity contribution in [3.05, 3.63) is 52.7 Å². The number of carboxylic acid groups (broad SMARTS) is 1. The number of carbonyl (C=O) groups is 1. The average Bonchev–Trinajstić information content (AvgIpc) is 2.89. The van der Waals surface area contributed by atoms with Gasteiger partial charge in [-0.3, -0.25) is 0 Å². The lowest BCUT2D eigenvalue weighted by atomic mass is 10.00. The number of benzene rings is 2.